The van der Waals surface area contributed by atoms with Gasteiger partial charge in [-0.3, -0.25) is 0 Å². The monoisotopic (exact) mass is 330 g/mol. The number of hydrogen-bond acceptors (Lipinski definition) is 4. The first-order chi connectivity index (χ1) is 11.8. The molecule has 3 rings (SSSR count). The molecule has 0 atom stereocenters. The first-order valence-electron chi connectivity index (χ1n) is 8.87. The molecule has 0 unspecified atom stereocenters. The summed E-state index contributed by atoms with van der Waals surface area (Å²) >= 11 is 0. The predicted molar refractivity (Wildman–Crippen MR) is 95.1 cm³/mol. The van der Waals surface area contributed by atoms with Crippen LogP contribution in [0.25, 0.3) is 10.8 Å². The molecule has 4 nitrogen and oxygen atoms in total. The number of aliphatic hydroxyl groups excluding tert-OH is 2. The third kappa shape index (κ3) is 3.21. The Hall–Kier alpha value is -1.78. The number of ether oxygens (including phenoxy) is 2. The highest BCUT2D eigenvalue weighted by Gasteiger charge is 2.24. The lowest BCUT2D eigenvalue weighted by molar-refractivity contribution is 0.197. The Balaban J connectivity index is 2.24. The van der Waals surface area contributed by atoms with Crippen LogP contribution in [0.3, 0.4) is 0 Å². The maximum Gasteiger partial charge on any atom is 0.130 e. The summed E-state index contributed by atoms with van der Waals surface area (Å²) in [5, 5.41) is 20.5. The Bertz CT molecular complexity index is 709. The summed E-state index contributed by atoms with van der Waals surface area (Å²) in [5.74, 6) is 1.80. The van der Waals surface area contributed by atoms with Crippen LogP contribution in [-0.4, -0.2) is 36.6 Å². The fourth-order valence-corrected chi connectivity index (χ4v) is 3.55. The van der Waals surface area contributed by atoms with Crippen LogP contribution < -0.4 is 9.47 Å². The summed E-state index contributed by atoms with van der Waals surface area (Å²) < 4.78 is 11.9. The van der Waals surface area contributed by atoms with Crippen LogP contribution in [-0.2, 0) is 19.3 Å². The molecule has 2 aromatic rings. The van der Waals surface area contributed by atoms with Gasteiger partial charge in [0.1, 0.15) is 24.7 Å². The molecule has 2 N–H and O–H groups in total. The van der Waals surface area contributed by atoms with Gasteiger partial charge >= 0.3 is 0 Å². The molecule has 0 fully saturated rings. The van der Waals surface area contributed by atoms with Crippen LogP contribution in [0.4, 0.5) is 0 Å². The van der Waals surface area contributed by atoms with Crippen molar-refractivity contribution in [2.45, 2.75) is 39.0 Å². The zero-order chi connectivity index (χ0) is 16.9. The summed E-state index contributed by atoms with van der Waals surface area (Å²) in [6.07, 6.45) is 5.18. The molecule has 0 amide bonds. The van der Waals surface area contributed by atoms with E-state index in [1.165, 1.54) is 16.7 Å². The molecule has 24 heavy (non-hydrogen) atoms. The zero-order valence-electron chi connectivity index (χ0n) is 14.3. The largest absolute Gasteiger partial charge is 0.490 e. The molecule has 0 aromatic heterocycles. The second kappa shape index (κ2) is 7.86. The van der Waals surface area contributed by atoms with E-state index in [4.69, 9.17) is 9.47 Å². The zero-order valence-corrected chi connectivity index (χ0v) is 14.3. The minimum Gasteiger partial charge on any atom is -0.490 e. The molecular weight excluding hydrogens is 304 g/mol. The highest BCUT2D eigenvalue weighted by molar-refractivity contribution is 5.96. The van der Waals surface area contributed by atoms with Crippen LogP contribution >= 0.6 is 0 Å². The quantitative estimate of drug-likeness (QED) is 0.819. The van der Waals surface area contributed by atoms with Gasteiger partial charge in [0.15, 0.2) is 0 Å². The van der Waals surface area contributed by atoms with E-state index in [9.17, 15) is 10.2 Å². The van der Waals surface area contributed by atoms with Gasteiger partial charge in [-0.15, -0.1) is 0 Å². The Labute approximate surface area is 143 Å². The van der Waals surface area contributed by atoms with Crippen molar-refractivity contribution in [2.75, 3.05) is 26.4 Å². The molecule has 0 aliphatic heterocycles. The lowest BCUT2D eigenvalue weighted by Crippen LogP contribution is -2.13. The second-order valence-electron chi connectivity index (χ2n) is 6.20. The van der Waals surface area contributed by atoms with Crippen molar-refractivity contribution in [1.82, 2.24) is 0 Å². The van der Waals surface area contributed by atoms with Gasteiger partial charge in [0.05, 0.1) is 13.2 Å². The van der Waals surface area contributed by atoms with Gasteiger partial charge in [-0.2, -0.15) is 0 Å². The number of hydrogen-bond donors (Lipinski definition) is 2. The fourth-order valence-electron chi connectivity index (χ4n) is 3.55. The smallest absolute Gasteiger partial charge is 0.130 e. The Morgan fingerprint density at radius 1 is 0.875 bits per heavy atom. The topological polar surface area (TPSA) is 58.9 Å². The van der Waals surface area contributed by atoms with E-state index in [0.717, 1.165) is 54.4 Å². The molecule has 2 aromatic carbocycles. The van der Waals surface area contributed by atoms with Crippen LogP contribution in [0.5, 0.6) is 11.5 Å². The van der Waals surface area contributed by atoms with Gasteiger partial charge in [0, 0.05) is 21.9 Å². The van der Waals surface area contributed by atoms with E-state index in [1.54, 1.807) is 0 Å². The maximum atomic E-state index is 9.20. The number of rotatable bonds is 7. The second-order valence-corrected chi connectivity index (χ2v) is 6.20. The van der Waals surface area contributed by atoms with Crippen LogP contribution in [0, 0.1) is 0 Å². The summed E-state index contributed by atoms with van der Waals surface area (Å²) in [6.45, 7) is 2.75. The minimum atomic E-state index is 0.00603. The molecule has 1 aliphatic rings. The van der Waals surface area contributed by atoms with E-state index >= 15 is 0 Å². The van der Waals surface area contributed by atoms with E-state index in [0.29, 0.717) is 13.2 Å². The fraction of sp³-hybridized carbons (Fsp3) is 0.500. The highest BCUT2D eigenvalue weighted by atomic mass is 16.5. The van der Waals surface area contributed by atoms with Crippen LogP contribution in [0.1, 0.15) is 36.5 Å². The molecule has 0 spiro atoms. The lowest BCUT2D eigenvalue weighted by Gasteiger charge is -2.25. The van der Waals surface area contributed by atoms with Crippen molar-refractivity contribution < 1.29 is 19.7 Å². The van der Waals surface area contributed by atoms with Gasteiger partial charge < -0.3 is 19.7 Å². The Morgan fingerprint density at radius 3 is 2.00 bits per heavy atom. The van der Waals surface area contributed by atoms with Gasteiger partial charge in [-0.05, 0) is 43.7 Å². The molecule has 0 saturated carbocycles. The molecule has 0 bridgehead atoms. The normalized spacial score (nSPS) is 13.8. The molecule has 0 radical (unpaired) electrons. The average Bonchev–Trinajstić information content (AvgIpc) is 2.64. The molecule has 0 saturated heterocycles. The molecular formula is C20H26O4. The molecule has 1 aliphatic carbocycles. The minimum absolute atomic E-state index is 0.00603. The predicted octanol–water partition coefficient (Wildman–Crippen LogP) is 3.02. The van der Waals surface area contributed by atoms with Gasteiger partial charge in [0.2, 0.25) is 0 Å². The van der Waals surface area contributed by atoms with Crippen molar-refractivity contribution in [3.63, 3.8) is 0 Å². The Kier molecular flexibility index (Phi) is 5.59. The van der Waals surface area contributed by atoms with Crippen LogP contribution in [0.15, 0.2) is 18.2 Å². The van der Waals surface area contributed by atoms with Crippen molar-refractivity contribution in [2.24, 2.45) is 0 Å². The maximum absolute atomic E-state index is 9.20. The van der Waals surface area contributed by atoms with Crippen molar-refractivity contribution in [3.05, 3.63) is 34.9 Å². The van der Waals surface area contributed by atoms with Gasteiger partial charge in [-0.1, -0.05) is 19.1 Å². The van der Waals surface area contributed by atoms with Crippen molar-refractivity contribution in [3.8, 4) is 11.5 Å². The summed E-state index contributed by atoms with van der Waals surface area (Å²) in [6, 6.07) is 6.39. The summed E-state index contributed by atoms with van der Waals surface area (Å²) in [7, 11) is 0. The van der Waals surface area contributed by atoms with E-state index in [2.05, 4.69) is 25.1 Å². The first-order valence-corrected chi connectivity index (χ1v) is 8.87. The molecule has 0 heterocycles. The van der Waals surface area contributed by atoms with Crippen LogP contribution in [0.2, 0.25) is 0 Å². The first kappa shape index (κ1) is 17.1. The van der Waals surface area contributed by atoms with Crippen molar-refractivity contribution >= 4 is 10.8 Å². The number of aliphatic hydroxyl groups is 2. The SMILES string of the molecule is CCc1ccc2c(OCCO)c3c(c(OCCO)c2c1)CCCC3. The lowest BCUT2D eigenvalue weighted by atomic mass is 9.86. The number of aryl methyl sites for hydroxylation is 1. The van der Waals surface area contributed by atoms with E-state index < -0.39 is 0 Å². The highest BCUT2D eigenvalue weighted by Crippen LogP contribution is 2.44. The summed E-state index contributed by atoms with van der Waals surface area (Å²) in [5.41, 5.74) is 3.67. The number of fused-ring (bicyclic) bond motifs is 2. The van der Waals surface area contributed by atoms with Crippen molar-refractivity contribution in [1.29, 1.82) is 0 Å². The van der Waals surface area contributed by atoms with Gasteiger partial charge in [-0.25, -0.2) is 0 Å². The molecule has 4 heteroatoms. The molecule has 130 valence electrons. The van der Waals surface area contributed by atoms with E-state index in [-0.39, 0.29) is 13.2 Å². The third-order valence-electron chi connectivity index (χ3n) is 4.67. The summed E-state index contributed by atoms with van der Waals surface area (Å²) in [4.78, 5) is 0. The standard InChI is InChI=1S/C20H26O4/c1-2-14-7-8-17-18(13-14)20(24-12-10-22)16-6-4-3-5-15(16)19(17)23-11-9-21/h7-8,13,21-22H,2-6,9-12H2,1H3. The number of benzene rings is 2. The van der Waals surface area contributed by atoms with E-state index in [1.807, 2.05) is 0 Å². The average molecular weight is 330 g/mol. The van der Waals surface area contributed by atoms with Gasteiger partial charge in [0.25, 0.3) is 0 Å². The third-order valence-corrected chi connectivity index (χ3v) is 4.67. The Morgan fingerprint density at radius 2 is 1.46 bits per heavy atom.